The minimum atomic E-state index is -1.33. The highest BCUT2D eigenvalue weighted by Crippen LogP contribution is 2.53. The summed E-state index contributed by atoms with van der Waals surface area (Å²) in [7, 11) is 0. The van der Waals surface area contributed by atoms with Gasteiger partial charge in [-0.3, -0.25) is 0 Å². The molecular formula is C7H11N7O2. The highest BCUT2D eigenvalue weighted by Gasteiger charge is 2.54. The summed E-state index contributed by atoms with van der Waals surface area (Å²) in [6.45, 7) is 0. The molecule has 0 bridgehead atoms. The van der Waals surface area contributed by atoms with Crippen LogP contribution < -0.4 is 5.73 Å². The summed E-state index contributed by atoms with van der Waals surface area (Å²) < 4.78 is 0. The van der Waals surface area contributed by atoms with Crippen LogP contribution in [-0.4, -0.2) is 23.3 Å². The van der Waals surface area contributed by atoms with Crippen LogP contribution >= 0.6 is 0 Å². The number of primary amides is 1. The lowest BCUT2D eigenvalue weighted by Crippen LogP contribution is -2.58. The maximum absolute atomic E-state index is 8.78. The number of hydrogen-bond donors (Lipinski definition) is 2. The molecule has 4 unspecified atom stereocenters. The molecule has 2 aliphatic rings. The van der Waals surface area contributed by atoms with Crippen molar-refractivity contribution in [3.8, 4) is 0 Å². The van der Waals surface area contributed by atoms with E-state index in [-0.39, 0.29) is 12.1 Å². The highest BCUT2D eigenvalue weighted by molar-refractivity contribution is 5.61. The van der Waals surface area contributed by atoms with Crippen molar-refractivity contribution in [3.05, 3.63) is 20.9 Å². The second-order valence-corrected chi connectivity index (χ2v) is 3.63. The average molecular weight is 225 g/mol. The fourth-order valence-electron chi connectivity index (χ4n) is 2.19. The van der Waals surface area contributed by atoms with Crippen molar-refractivity contribution < 1.29 is 9.90 Å². The number of fused-ring (bicyclic) bond motifs is 1. The van der Waals surface area contributed by atoms with Gasteiger partial charge < -0.3 is 10.8 Å². The van der Waals surface area contributed by atoms with Gasteiger partial charge in [0.25, 0.3) is 0 Å². The molecule has 2 aliphatic carbocycles. The molecule has 86 valence electrons. The molecule has 2 fully saturated rings. The maximum Gasteiger partial charge on any atom is 0.402 e. The zero-order valence-electron chi connectivity index (χ0n) is 8.34. The molecule has 1 amide bonds. The third kappa shape index (κ3) is 2.28. The van der Waals surface area contributed by atoms with Crippen molar-refractivity contribution in [2.24, 2.45) is 27.8 Å². The van der Waals surface area contributed by atoms with Crippen LogP contribution in [0.4, 0.5) is 4.79 Å². The topological polar surface area (TPSA) is 161 Å². The second kappa shape index (κ2) is 5.11. The number of azide groups is 2. The molecule has 0 aromatic carbocycles. The Labute approximate surface area is 90.5 Å². The quantitative estimate of drug-likeness (QED) is 0.417. The maximum atomic E-state index is 8.78. The number of hydrogen-bond acceptors (Lipinski definition) is 3. The standard InChI is InChI=1S/C6H8N6.CH3NO2/c7-11-9-5-3-1-2-4(3)6(5)10-12-8;2-1(3)4/h3-6H,1-2H2;2H2,(H,3,4). The molecule has 2 rings (SSSR count). The first-order valence-corrected chi connectivity index (χ1v) is 4.68. The van der Waals surface area contributed by atoms with E-state index in [0.29, 0.717) is 11.8 Å². The van der Waals surface area contributed by atoms with Gasteiger partial charge >= 0.3 is 6.09 Å². The van der Waals surface area contributed by atoms with E-state index < -0.39 is 6.09 Å². The molecule has 0 saturated heterocycles. The first kappa shape index (κ1) is 12.0. The SMILES string of the molecule is NC(=O)O.[N-]=[N+]=NC1C2CCC2C1N=[N+]=[N-]. The Kier molecular flexibility index (Phi) is 3.82. The summed E-state index contributed by atoms with van der Waals surface area (Å²) in [6.07, 6.45) is 0.900. The van der Waals surface area contributed by atoms with Crippen molar-refractivity contribution >= 4 is 6.09 Å². The first-order chi connectivity index (χ1) is 7.61. The normalized spacial score (nSPS) is 33.2. The van der Waals surface area contributed by atoms with Crippen LogP contribution in [0, 0.1) is 11.8 Å². The van der Waals surface area contributed by atoms with Gasteiger partial charge in [-0.25, -0.2) is 4.79 Å². The fourth-order valence-corrected chi connectivity index (χ4v) is 2.19. The summed E-state index contributed by atoms with van der Waals surface area (Å²) in [6, 6.07) is -0.130. The van der Waals surface area contributed by atoms with Gasteiger partial charge in [-0.05, 0) is 35.7 Å². The second-order valence-electron chi connectivity index (χ2n) is 3.63. The monoisotopic (exact) mass is 225 g/mol. The molecule has 2 saturated carbocycles. The highest BCUT2D eigenvalue weighted by atomic mass is 16.4. The van der Waals surface area contributed by atoms with Crippen molar-refractivity contribution in [2.45, 2.75) is 24.9 Å². The van der Waals surface area contributed by atoms with Crippen LogP contribution in [0.2, 0.25) is 0 Å². The van der Waals surface area contributed by atoms with Gasteiger partial charge in [0.05, 0.1) is 0 Å². The number of rotatable bonds is 2. The van der Waals surface area contributed by atoms with Gasteiger partial charge in [0.2, 0.25) is 0 Å². The Morgan fingerprint density at radius 2 is 1.50 bits per heavy atom. The Balaban J connectivity index is 0.000000280. The molecule has 3 N–H and O–H groups in total. The van der Waals surface area contributed by atoms with E-state index >= 15 is 0 Å². The van der Waals surface area contributed by atoms with Crippen molar-refractivity contribution in [2.75, 3.05) is 0 Å². The van der Waals surface area contributed by atoms with E-state index in [0.717, 1.165) is 12.8 Å². The largest absolute Gasteiger partial charge is 0.465 e. The summed E-state index contributed by atoms with van der Waals surface area (Å²) in [5, 5.41) is 14.5. The van der Waals surface area contributed by atoms with Gasteiger partial charge in [-0.15, -0.1) is 0 Å². The Hall–Kier alpha value is -2.11. The fraction of sp³-hybridized carbons (Fsp3) is 0.857. The van der Waals surface area contributed by atoms with Crippen LogP contribution in [0.5, 0.6) is 0 Å². The van der Waals surface area contributed by atoms with Gasteiger partial charge in [-0.2, -0.15) is 0 Å². The van der Waals surface area contributed by atoms with Crippen LogP contribution in [0.15, 0.2) is 10.2 Å². The zero-order chi connectivity index (χ0) is 12.1. The van der Waals surface area contributed by atoms with Gasteiger partial charge in [0.1, 0.15) is 0 Å². The Morgan fingerprint density at radius 3 is 1.69 bits per heavy atom. The Bertz CT molecular complexity index is 337. The lowest BCUT2D eigenvalue weighted by Gasteiger charge is -2.55. The summed E-state index contributed by atoms with van der Waals surface area (Å²) >= 11 is 0. The molecule has 0 aliphatic heterocycles. The lowest BCUT2D eigenvalue weighted by molar-refractivity contribution is -0.00169. The predicted octanol–water partition coefficient (Wildman–Crippen LogP) is 2.01. The van der Waals surface area contributed by atoms with E-state index in [1.807, 2.05) is 0 Å². The summed E-state index contributed by atoms with van der Waals surface area (Å²) in [5.74, 6) is 0.993. The van der Waals surface area contributed by atoms with Gasteiger partial charge in [-0.1, -0.05) is 10.2 Å². The molecule has 0 aromatic heterocycles. The molecule has 0 spiro atoms. The predicted molar refractivity (Wildman–Crippen MR) is 54.3 cm³/mol. The van der Waals surface area contributed by atoms with Crippen LogP contribution in [-0.2, 0) is 0 Å². The van der Waals surface area contributed by atoms with Crippen molar-refractivity contribution in [3.63, 3.8) is 0 Å². The summed E-state index contributed by atoms with van der Waals surface area (Å²) in [5.41, 5.74) is 20.5. The molecular weight excluding hydrogens is 214 g/mol. The van der Waals surface area contributed by atoms with E-state index in [1.165, 1.54) is 0 Å². The van der Waals surface area contributed by atoms with E-state index in [4.69, 9.17) is 21.0 Å². The molecule has 16 heavy (non-hydrogen) atoms. The number of amides is 1. The minimum Gasteiger partial charge on any atom is -0.465 e. The average Bonchev–Trinajstić information content (AvgIpc) is 2.14. The van der Waals surface area contributed by atoms with Gasteiger partial charge in [0.15, 0.2) is 0 Å². The third-order valence-electron chi connectivity index (χ3n) is 2.98. The number of carboxylic acid groups (broad SMARTS) is 1. The van der Waals surface area contributed by atoms with Crippen LogP contribution in [0.25, 0.3) is 20.9 Å². The van der Waals surface area contributed by atoms with Crippen molar-refractivity contribution in [1.29, 1.82) is 0 Å². The van der Waals surface area contributed by atoms with Gasteiger partial charge in [0, 0.05) is 21.9 Å². The van der Waals surface area contributed by atoms with E-state index in [9.17, 15) is 0 Å². The molecule has 9 nitrogen and oxygen atoms in total. The first-order valence-electron chi connectivity index (χ1n) is 4.68. The van der Waals surface area contributed by atoms with Crippen LogP contribution in [0.1, 0.15) is 12.8 Å². The zero-order valence-corrected chi connectivity index (χ0v) is 8.34. The molecule has 9 heteroatoms. The number of nitrogens with zero attached hydrogens (tertiary/aromatic N) is 6. The molecule has 4 atom stereocenters. The molecule has 0 radical (unpaired) electrons. The minimum absolute atomic E-state index is 0.0651. The van der Waals surface area contributed by atoms with E-state index in [1.54, 1.807) is 0 Å². The molecule has 0 heterocycles. The summed E-state index contributed by atoms with van der Waals surface area (Å²) in [4.78, 5) is 14.3. The van der Waals surface area contributed by atoms with Crippen molar-refractivity contribution in [1.82, 2.24) is 0 Å². The van der Waals surface area contributed by atoms with E-state index in [2.05, 4.69) is 25.8 Å². The smallest absolute Gasteiger partial charge is 0.402 e. The lowest BCUT2D eigenvalue weighted by atomic mass is 9.53. The number of carbonyl (C=O) groups is 1. The Morgan fingerprint density at radius 1 is 1.19 bits per heavy atom. The molecule has 0 aromatic rings. The third-order valence-corrected chi connectivity index (χ3v) is 2.98. The number of nitrogens with two attached hydrogens (primary N) is 1. The van der Waals surface area contributed by atoms with Crippen LogP contribution in [0.3, 0.4) is 0 Å².